The average molecular weight is 392 g/mol. The summed E-state index contributed by atoms with van der Waals surface area (Å²) in [7, 11) is 0. The molecule has 0 aliphatic heterocycles. The number of aromatic nitrogens is 3. The molecule has 0 unspecified atom stereocenters. The van der Waals surface area contributed by atoms with Crippen LogP contribution in [0.2, 0.25) is 0 Å². The molecule has 0 spiro atoms. The van der Waals surface area contributed by atoms with E-state index in [1.54, 1.807) is 28.9 Å². The van der Waals surface area contributed by atoms with Crippen molar-refractivity contribution >= 4 is 23.1 Å². The summed E-state index contributed by atoms with van der Waals surface area (Å²) in [6.45, 7) is 3.80. The lowest BCUT2D eigenvalue weighted by Gasteiger charge is -2.07. The lowest BCUT2D eigenvalue weighted by molar-refractivity contribution is 0.102. The lowest BCUT2D eigenvalue weighted by Crippen LogP contribution is -2.15. The van der Waals surface area contributed by atoms with E-state index >= 15 is 0 Å². The highest BCUT2D eigenvalue weighted by Gasteiger charge is 2.15. The van der Waals surface area contributed by atoms with E-state index in [0.717, 1.165) is 22.5 Å². The van der Waals surface area contributed by atoms with Crippen LogP contribution in [0.3, 0.4) is 0 Å². The van der Waals surface area contributed by atoms with Gasteiger partial charge in [0.25, 0.3) is 5.91 Å². The van der Waals surface area contributed by atoms with Crippen LogP contribution in [0.4, 0.5) is 10.2 Å². The molecule has 0 fully saturated rings. The summed E-state index contributed by atoms with van der Waals surface area (Å²) in [5.41, 5.74) is 3.90. The van der Waals surface area contributed by atoms with Crippen LogP contribution in [0, 0.1) is 19.7 Å². The first-order chi connectivity index (χ1) is 13.5. The van der Waals surface area contributed by atoms with Crippen LogP contribution in [-0.2, 0) is 0 Å². The molecule has 0 radical (unpaired) electrons. The van der Waals surface area contributed by atoms with Gasteiger partial charge < -0.3 is 5.32 Å². The zero-order valence-corrected chi connectivity index (χ0v) is 16.1. The first kappa shape index (κ1) is 18.1. The molecule has 140 valence electrons. The molecule has 2 heterocycles. The van der Waals surface area contributed by atoms with Crippen molar-refractivity contribution < 1.29 is 9.18 Å². The Bertz CT molecular complexity index is 1150. The number of thiazole rings is 1. The second kappa shape index (κ2) is 7.36. The van der Waals surface area contributed by atoms with Gasteiger partial charge in [0.15, 0.2) is 0 Å². The van der Waals surface area contributed by atoms with Crippen LogP contribution in [0.15, 0.2) is 60.0 Å². The van der Waals surface area contributed by atoms with E-state index in [2.05, 4.69) is 15.4 Å². The van der Waals surface area contributed by atoms with Gasteiger partial charge >= 0.3 is 0 Å². The van der Waals surface area contributed by atoms with Crippen molar-refractivity contribution in [2.75, 3.05) is 5.32 Å². The van der Waals surface area contributed by atoms with Gasteiger partial charge in [-0.3, -0.25) is 4.79 Å². The van der Waals surface area contributed by atoms with Crippen LogP contribution in [0.25, 0.3) is 16.4 Å². The molecule has 0 atom stereocenters. The molecule has 0 aliphatic carbocycles. The molecule has 0 saturated heterocycles. The van der Waals surface area contributed by atoms with Crippen molar-refractivity contribution in [3.8, 4) is 16.4 Å². The molecule has 5 nitrogen and oxygen atoms in total. The molecule has 0 saturated carbocycles. The molecule has 2 aromatic heterocycles. The van der Waals surface area contributed by atoms with Gasteiger partial charge in [-0.05, 0) is 50.2 Å². The van der Waals surface area contributed by atoms with Gasteiger partial charge in [-0.1, -0.05) is 17.7 Å². The monoisotopic (exact) mass is 392 g/mol. The van der Waals surface area contributed by atoms with Gasteiger partial charge in [0.05, 0.1) is 11.4 Å². The molecular formula is C21H17FN4OS. The third-order valence-corrected chi connectivity index (χ3v) is 4.98. The fourth-order valence-corrected chi connectivity index (χ4v) is 3.62. The van der Waals surface area contributed by atoms with Crippen LogP contribution >= 0.6 is 11.3 Å². The number of aryl methyl sites for hydroxylation is 2. The molecule has 4 rings (SSSR count). The number of amides is 1. The van der Waals surface area contributed by atoms with Gasteiger partial charge in [-0.25, -0.2) is 9.37 Å². The predicted octanol–water partition coefficient (Wildman–Crippen LogP) is 5.00. The number of hydrogen-bond donors (Lipinski definition) is 1. The summed E-state index contributed by atoms with van der Waals surface area (Å²) < 4.78 is 14.8. The largest absolute Gasteiger partial charge is 0.306 e. The third-order valence-electron chi connectivity index (χ3n) is 4.17. The summed E-state index contributed by atoms with van der Waals surface area (Å²) in [6, 6.07) is 15.4. The number of nitrogens with one attached hydrogen (secondary N) is 1. The quantitative estimate of drug-likeness (QED) is 0.531. The Morgan fingerprint density at radius 3 is 2.64 bits per heavy atom. The molecule has 4 aromatic rings. The Kier molecular flexibility index (Phi) is 4.75. The number of anilines is 1. The van der Waals surface area contributed by atoms with E-state index in [-0.39, 0.29) is 11.7 Å². The first-order valence-corrected chi connectivity index (χ1v) is 9.54. The summed E-state index contributed by atoms with van der Waals surface area (Å²) in [6.07, 6.45) is 0. The highest BCUT2D eigenvalue weighted by molar-refractivity contribution is 7.12. The van der Waals surface area contributed by atoms with Crippen LogP contribution in [0.1, 0.15) is 21.6 Å². The summed E-state index contributed by atoms with van der Waals surface area (Å²) in [4.78, 5) is 17.2. The maximum Gasteiger partial charge on any atom is 0.256 e. The van der Waals surface area contributed by atoms with Crippen molar-refractivity contribution in [2.24, 2.45) is 0 Å². The predicted molar refractivity (Wildman–Crippen MR) is 108 cm³/mol. The molecule has 28 heavy (non-hydrogen) atoms. The fourth-order valence-electron chi connectivity index (χ4n) is 2.82. The number of hydrogen-bond acceptors (Lipinski definition) is 4. The fraction of sp³-hybridized carbons (Fsp3) is 0.0952. The van der Waals surface area contributed by atoms with Crippen LogP contribution in [0.5, 0.6) is 0 Å². The second-order valence-electron chi connectivity index (χ2n) is 6.43. The minimum absolute atomic E-state index is 0.208. The van der Waals surface area contributed by atoms with Crippen molar-refractivity contribution in [3.05, 3.63) is 82.6 Å². The first-order valence-electron chi connectivity index (χ1n) is 8.66. The third kappa shape index (κ3) is 3.70. The molecule has 1 N–H and O–H groups in total. The number of nitrogens with zero attached hydrogens (tertiary/aromatic N) is 3. The Balaban J connectivity index is 1.63. The van der Waals surface area contributed by atoms with Gasteiger partial charge in [0.2, 0.25) is 5.13 Å². The normalized spacial score (nSPS) is 10.8. The molecular weight excluding hydrogens is 375 g/mol. The maximum atomic E-state index is 13.1. The molecule has 0 aliphatic rings. The van der Waals surface area contributed by atoms with E-state index < -0.39 is 0 Å². The molecule has 7 heteroatoms. The molecule has 2 aromatic carbocycles. The Hall–Kier alpha value is -3.32. The highest BCUT2D eigenvalue weighted by atomic mass is 32.1. The van der Waals surface area contributed by atoms with Crippen LogP contribution in [-0.4, -0.2) is 20.7 Å². The summed E-state index contributed by atoms with van der Waals surface area (Å²) >= 11 is 1.40. The highest BCUT2D eigenvalue weighted by Crippen LogP contribution is 2.26. The molecule has 1 amide bonds. The van der Waals surface area contributed by atoms with Crippen molar-refractivity contribution in [3.63, 3.8) is 0 Å². The Morgan fingerprint density at radius 2 is 1.89 bits per heavy atom. The van der Waals surface area contributed by atoms with E-state index in [1.165, 1.54) is 23.5 Å². The molecule has 0 bridgehead atoms. The number of benzene rings is 2. The average Bonchev–Trinajstić information content (AvgIpc) is 3.29. The number of halogens is 1. The van der Waals surface area contributed by atoms with Crippen molar-refractivity contribution in [1.29, 1.82) is 0 Å². The van der Waals surface area contributed by atoms with Gasteiger partial charge in [-0.2, -0.15) is 9.78 Å². The zero-order chi connectivity index (χ0) is 19.7. The van der Waals surface area contributed by atoms with Crippen molar-refractivity contribution in [2.45, 2.75) is 13.8 Å². The smallest absolute Gasteiger partial charge is 0.256 e. The van der Waals surface area contributed by atoms with E-state index in [9.17, 15) is 9.18 Å². The standard InChI is InChI=1S/C21H17FN4OS/c1-13-4-3-5-16(10-13)20(27)24-19-11-14(2)25-26(19)21-23-18(12-28-21)15-6-8-17(22)9-7-15/h3-12H,1-2H3,(H,24,27). The Labute approximate surface area is 165 Å². The zero-order valence-electron chi connectivity index (χ0n) is 15.3. The van der Waals surface area contributed by atoms with E-state index in [1.807, 2.05) is 37.4 Å². The van der Waals surface area contributed by atoms with E-state index in [4.69, 9.17) is 0 Å². The SMILES string of the molecule is Cc1cccc(C(=O)Nc2cc(C)nn2-c2nc(-c3ccc(F)cc3)cs2)c1. The minimum atomic E-state index is -0.289. The topological polar surface area (TPSA) is 59.8 Å². The Morgan fingerprint density at radius 1 is 1.11 bits per heavy atom. The van der Waals surface area contributed by atoms with Gasteiger partial charge in [0, 0.05) is 22.6 Å². The van der Waals surface area contributed by atoms with Crippen molar-refractivity contribution in [1.82, 2.24) is 14.8 Å². The van der Waals surface area contributed by atoms with Crippen LogP contribution < -0.4 is 5.32 Å². The summed E-state index contributed by atoms with van der Waals surface area (Å²) in [5.74, 6) is 0.0484. The lowest BCUT2D eigenvalue weighted by atomic mass is 10.1. The van der Waals surface area contributed by atoms with Gasteiger partial charge in [-0.15, -0.1) is 11.3 Å². The number of carbonyl (C=O) groups excluding carboxylic acids is 1. The second-order valence-corrected chi connectivity index (χ2v) is 7.27. The van der Waals surface area contributed by atoms with E-state index in [0.29, 0.717) is 16.5 Å². The maximum absolute atomic E-state index is 13.1. The number of rotatable bonds is 4. The number of carbonyl (C=O) groups is 1. The summed E-state index contributed by atoms with van der Waals surface area (Å²) in [5, 5.41) is 9.86. The van der Waals surface area contributed by atoms with Gasteiger partial charge in [0.1, 0.15) is 11.6 Å². The minimum Gasteiger partial charge on any atom is -0.306 e.